The molecule has 2 aromatic carbocycles. The first-order chi connectivity index (χ1) is 9.76. The predicted molar refractivity (Wildman–Crippen MR) is 73.6 cm³/mol. The maximum atomic E-state index is 9.83. The van der Waals surface area contributed by atoms with E-state index in [4.69, 9.17) is 14.2 Å². The summed E-state index contributed by atoms with van der Waals surface area (Å²) in [6, 6.07) is 7.21. The van der Waals surface area contributed by atoms with E-state index in [-0.39, 0.29) is 12.5 Å². The van der Waals surface area contributed by atoms with Crippen LogP contribution in [-0.4, -0.2) is 24.0 Å². The molecule has 20 heavy (non-hydrogen) atoms. The Hall–Kier alpha value is -2.69. The van der Waals surface area contributed by atoms with Crippen LogP contribution < -0.4 is 14.2 Å². The smallest absolute Gasteiger partial charge is 0.231 e. The number of pyridine rings is 1. The lowest BCUT2D eigenvalue weighted by Crippen LogP contribution is -1.92. The van der Waals surface area contributed by atoms with E-state index in [1.54, 1.807) is 18.3 Å². The van der Waals surface area contributed by atoms with Crippen LogP contribution in [0.3, 0.4) is 0 Å². The highest BCUT2D eigenvalue weighted by Gasteiger charge is 2.16. The number of aromatic hydroxyl groups is 1. The highest BCUT2D eigenvalue weighted by atomic mass is 16.7. The highest BCUT2D eigenvalue weighted by Crippen LogP contribution is 2.40. The largest absolute Gasteiger partial charge is 0.504 e. The van der Waals surface area contributed by atoms with Crippen molar-refractivity contribution in [3.63, 3.8) is 0 Å². The maximum absolute atomic E-state index is 9.83. The van der Waals surface area contributed by atoms with Gasteiger partial charge in [0.15, 0.2) is 23.0 Å². The van der Waals surface area contributed by atoms with Crippen LogP contribution in [-0.2, 0) is 0 Å². The van der Waals surface area contributed by atoms with E-state index >= 15 is 0 Å². The van der Waals surface area contributed by atoms with Crippen LogP contribution >= 0.6 is 0 Å². The molecule has 5 heteroatoms. The summed E-state index contributed by atoms with van der Waals surface area (Å²) in [5.41, 5.74) is 0.703. The lowest BCUT2D eigenvalue weighted by Gasteiger charge is -2.08. The van der Waals surface area contributed by atoms with E-state index in [0.29, 0.717) is 11.3 Å². The van der Waals surface area contributed by atoms with Crippen molar-refractivity contribution < 1.29 is 19.3 Å². The molecular formula is C15H11NO4. The molecule has 0 spiro atoms. The fourth-order valence-electron chi connectivity index (χ4n) is 2.48. The van der Waals surface area contributed by atoms with E-state index in [2.05, 4.69) is 4.98 Å². The zero-order valence-electron chi connectivity index (χ0n) is 10.7. The first-order valence-corrected chi connectivity index (χ1v) is 6.15. The number of rotatable bonds is 1. The molecule has 2 heterocycles. The number of ether oxygens (including phenoxy) is 3. The second-order valence-corrected chi connectivity index (χ2v) is 4.59. The molecule has 0 atom stereocenters. The zero-order chi connectivity index (χ0) is 13.7. The van der Waals surface area contributed by atoms with Crippen LogP contribution in [0.2, 0.25) is 0 Å². The quantitative estimate of drug-likeness (QED) is 0.688. The van der Waals surface area contributed by atoms with Crippen molar-refractivity contribution in [2.24, 2.45) is 0 Å². The van der Waals surface area contributed by atoms with Gasteiger partial charge in [-0.1, -0.05) is 0 Å². The minimum Gasteiger partial charge on any atom is -0.504 e. The molecule has 1 N–H and O–H groups in total. The highest BCUT2D eigenvalue weighted by molar-refractivity contribution is 6.07. The average Bonchev–Trinajstić information content (AvgIpc) is 2.91. The van der Waals surface area contributed by atoms with E-state index in [1.165, 1.54) is 7.11 Å². The molecule has 0 saturated carbocycles. The van der Waals surface area contributed by atoms with Gasteiger partial charge in [-0.15, -0.1) is 0 Å². The first kappa shape index (κ1) is 11.2. The topological polar surface area (TPSA) is 60.8 Å². The summed E-state index contributed by atoms with van der Waals surface area (Å²) in [6.45, 7) is 0.237. The van der Waals surface area contributed by atoms with Crippen LogP contribution in [0.25, 0.3) is 21.7 Å². The molecule has 0 unspecified atom stereocenters. The summed E-state index contributed by atoms with van der Waals surface area (Å²) in [6.07, 6.45) is 1.76. The summed E-state index contributed by atoms with van der Waals surface area (Å²) in [7, 11) is 1.52. The minimum atomic E-state index is 0.0765. The third-order valence-corrected chi connectivity index (χ3v) is 3.47. The third-order valence-electron chi connectivity index (χ3n) is 3.47. The van der Waals surface area contributed by atoms with Gasteiger partial charge in [-0.05, 0) is 23.6 Å². The molecule has 0 saturated heterocycles. The molecule has 3 aromatic rings. The van der Waals surface area contributed by atoms with E-state index in [9.17, 15) is 5.11 Å². The van der Waals surface area contributed by atoms with Crippen molar-refractivity contribution in [2.45, 2.75) is 0 Å². The standard InChI is InChI=1S/C15H11NO4/c1-18-13-4-10-9-3-15-14(19-7-20-15)2-8(9)6-16-11(10)5-12(13)17/h2-6,17H,7H2,1H3. The molecule has 0 aliphatic carbocycles. The molecule has 1 aliphatic heterocycles. The molecule has 1 aliphatic rings. The number of nitrogens with zero attached hydrogens (tertiary/aromatic N) is 1. The van der Waals surface area contributed by atoms with Gasteiger partial charge in [-0.25, -0.2) is 0 Å². The lowest BCUT2D eigenvalue weighted by molar-refractivity contribution is 0.174. The Morgan fingerprint density at radius 1 is 1.10 bits per heavy atom. The Bertz CT molecular complexity index is 834. The summed E-state index contributed by atoms with van der Waals surface area (Å²) in [5, 5.41) is 12.7. The number of phenolic OH excluding ortho intramolecular Hbond substituents is 1. The lowest BCUT2D eigenvalue weighted by atomic mass is 10.1. The summed E-state index contributed by atoms with van der Waals surface area (Å²) >= 11 is 0. The number of fused-ring (bicyclic) bond motifs is 4. The van der Waals surface area contributed by atoms with Gasteiger partial charge >= 0.3 is 0 Å². The Kier molecular flexibility index (Phi) is 2.18. The molecule has 0 radical (unpaired) electrons. The summed E-state index contributed by atoms with van der Waals surface area (Å²) in [4.78, 5) is 4.36. The van der Waals surface area contributed by atoms with Gasteiger partial charge in [0, 0.05) is 23.0 Å². The molecule has 0 fully saturated rings. The van der Waals surface area contributed by atoms with Crippen molar-refractivity contribution >= 4 is 21.7 Å². The number of aromatic nitrogens is 1. The number of phenols is 1. The molecule has 1 aromatic heterocycles. The summed E-state index contributed by atoms with van der Waals surface area (Å²) < 4.78 is 15.9. The van der Waals surface area contributed by atoms with E-state index in [1.807, 2.05) is 12.1 Å². The Balaban J connectivity index is 2.11. The number of hydrogen-bond acceptors (Lipinski definition) is 5. The van der Waals surface area contributed by atoms with Crippen LogP contribution in [0.4, 0.5) is 0 Å². The molecule has 100 valence electrons. The van der Waals surface area contributed by atoms with Gasteiger partial charge in [0.05, 0.1) is 12.6 Å². The molecule has 0 amide bonds. The minimum absolute atomic E-state index is 0.0765. The Morgan fingerprint density at radius 3 is 2.70 bits per heavy atom. The van der Waals surface area contributed by atoms with Crippen molar-refractivity contribution in [2.75, 3.05) is 13.9 Å². The monoisotopic (exact) mass is 269 g/mol. The number of benzene rings is 2. The third kappa shape index (κ3) is 1.46. The molecular weight excluding hydrogens is 258 g/mol. The fourth-order valence-corrected chi connectivity index (χ4v) is 2.48. The van der Waals surface area contributed by atoms with E-state index < -0.39 is 0 Å². The van der Waals surface area contributed by atoms with Gasteiger partial charge in [-0.3, -0.25) is 4.98 Å². The van der Waals surface area contributed by atoms with Gasteiger partial charge in [0.25, 0.3) is 0 Å². The molecule has 4 rings (SSSR count). The van der Waals surface area contributed by atoms with Crippen molar-refractivity contribution in [1.29, 1.82) is 0 Å². The Morgan fingerprint density at radius 2 is 1.90 bits per heavy atom. The Labute approximate surface area is 114 Å². The average molecular weight is 269 g/mol. The van der Waals surface area contributed by atoms with Crippen molar-refractivity contribution in [3.05, 3.63) is 30.5 Å². The molecule has 5 nitrogen and oxygen atoms in total. The molecule has 0 bridgehead atoms. The van der Waals surface area contributed by atoms with Crippen molar-refractivity contribution in [1.82, 2.24) is 4.98 Å². The second kappa shape index (κ2) is 3.90. The SMILES string of the molecule is COc1cc2c(cc1O)ncc1cc3c(cc12)OCO3. The second-order valence-electron chi connectivity index (χ2n) is 4.59. The van der Waals surface area contributed by atoms with Crippen molar-refractivity contribution in [3.8, 4) is 23.0 Å². The van der Waals surface area contributed by atoms with Crippen LogP contribution in [0, 0.1) is 0 Å². The number of hydrogen-bond donors (Lipinski definition) is 1. The van der Waals surface area contributed by atoms with Gasteiger partial charge in [-0.2, -0.15) is 0 Å². The predicted octanol–water partition coefficient (Wildman–Crippen LogP) is 2.83. The maximum Gasteiger partial charge on any atom is 0.231 e. The van der Waals surface area contributed by atoms with Gasteiger partial charge < -0.3 is 19.3 Å². The van der Waals surface area contributed by atoms with Gasteiger partial charge in [0.1, 0.15) is 0 Å². The van der Waals surface area contributed by atoms with Gasteiger partial charge in [0.2, 0.25) is 6.79 Å². The van der Waals surface area contributed by atoms with Crippen LogP contribution in [0.1, 0.15) is 0 Å². The van der Waals surface area contributed by atoms with Crippen LogP contribution in [0.5, 0.6) is 23.0 Å². The van der Waals surface area contributed by atoms with Crippen LogP contribution in [0.15, 0.2) is 30.5 Å². The first-order valence-electron chi connectivity index (χ1n) is 6.15. The normalized spacial score (nSPS) is 13.1. The fraction of sp³-hybridized carbons (Fsp3) is 0.133. The summed E-state index contributed by atoms with van der Waals surface area (Å²) in [5.74, 6) is 1.94. The van der Waals surface area contributed by atoms with E-state index in [0.717, 1.165) is 27.7 Å². The number of methoxy groups -OCH3 is 1. The zero-order valence-corrected chi connectivity index (χ0v) is 10.7.